The number of fused-ring (bicyclic) bond motifs is 1. The van der Waals surface area contributed by atoms with Crippen molar-refractivity contribution in [3.05, 3.63) is 34.9 Å². The van der Waals surface area contributed by atoms with Gasteiger partial charge in [0.05, 0.1) is 0 Å². The quantitative estimate of drug-likeness (QED) is 0.851. The van der Waals surface area contributed by atoms with Gasteiger partial charge in [0.25, 0.3) is 5.91 Å². The van der Waals surface area contributed by atoms with Gasteiger partial charge in [0.1, 0.15) is 0 Å². The lowest BCUT2D eigenvalue weighted by atomic mass is 9.92. The summed E-state index contributed by atoms with van der Waals surface area (Å²) in [4.78, 5) is 14.8. The van der Waals surface area contributed by atoms with E-state index in [9.17, 15) is 4.79 Å². The molecule has 0 unspecified atom stereocenters. The molecule has 1 aromatic rings. The second-order valence-corrected chi connectivity index (χ2v) is 6.30. The summed E-state index contributed by atoms with van der Waals surface area (Å²) in [6.07, 6.45) is 2.29. The van der Waals surface area contributed by atoms with Gasteiger partial charge in [-0.3, -0.25) is 4.79 Å². The minimum atomic E-state index is 0.221. The van der Waals surface area contributed by atoms with Gasteiger partial charge in [0.2, 0.25) is 0 Å². The zero-order valence-corrected chi connectivity index (χ0v) is 12.5. The third-order valence-electron chi connectivity index (χ3n) is 5.14. The van der Waals surface area contributed by atoms with Gasteiger partial charge >= 0.3 is 0 Å². The van der Waals surface area contributed by atoms with Gasteiger partial charge in [0, 0.05) is 18.7 Å². The van der Waals surface area contributed by atoms with Crippen LogP contribution in [0.1, 0.15) is 34.3 Å². The van der Waals surface area contributed by atoms with Crippen molar-refractivity contribution in [2.45, 2.75) is 26.7 Å². The van der Waals surface area contributed by atoms with E-state index < -0.39 is 0 Å². The second-order valence-electron chi connectivity index (χ2n) is 6.30. The summed E-state index contributed by atoms with van der Waals surface area (Å²) in [6, 6.07) is 6.04. The Labute approximate surface area is 121 Å². The molecule has 2 atom stereocenters. The Morgan fingerprint density at radius 2 is 1.80 bits per heavy atom. The maximum Gasteiger partial charge on any atom is 0.254 e. The highest BCUT2D eigenvalue weighted by atomic mass is 16.2. The molecule has 2 heterocycles. The molecule has 3 rings (SSSR count). The molecule has 0 radical (unpaired) electrons. The van der Waals surface area contributed by atoms with Crippen molar-refractivity contribution < 1.29 is 4.79 Å². The molecule has 0 bridgehead atoms. The molecule has 1 aromatic carbocycles. The first kappa shape index (κ1) is 13.6. The van der Waals surface area contributed by atoms with Crippen LogP contribution >= 0.6 is 0 Å². The van der Waals surface area contributed by atoms with Crippen molar-refractivity contribution >= 4 is 5.91 Å². The first-order valence-electron chi connectivity index (χ1n) is 7.73. The molecule has 2 aliphatic heterocycles. The number of likely N-dealkylation sites (tertiary alicyclic amines) is 1. The van der Waals surface area contributed by atoms with Crippen LogP contribution in [0.4, 0.5) is 0 Å². The molecule has 1 amide bonds. The van der Waals surface area contributed by atoms with Crippen molar-refractivity contribution in [2.24, 2.45) is 11.8 Å². The van der Waals surface area contributed by atoms with Crippen molar-refractivity contribution in [1.29, 1.82) is 0 Å². The Morgan fingerprint density at radius 1 is 1.15 bits per heavy atom. The summed E-state index contributed by atoms with van der Waals surface area (Å²) < 4.78 is 0. The predicted octanol–water partition coefficient (Wildman–Crippen LogP) is 2.38. The van der Waals surface area contributed by atoms with Crippen LogP contribution in [-0.4, -0.2) is 37.0 Å². The van der Waals surface area contributed by atoms with E-state index in [0.717, 1.165) is 62.0 Å². The fourth-order valence-corrected chi connectivity index (χ4v) is 3.57. The molecule has 0 spiro atoms. The number of carbonyl (C=O) groups is 1. The van der Waals surface area contributed by atoms with E-state index in [1.807, 2.05) is 12.1 Å². The zero-order chi connectivity index (χ0) is 14.1. The van der Waals surface area contributed by atoms with E-state index in [1.54, 1.807) is 0 Å². The number of carbonyl (C=O) groups excluding carboxylic acids is 1. The second kappa shape index (κ2) is 5.57. The number of nitrogens with one attached hydrogen (secondary N) is 1. The van der Waals surface area contributed by atoms with E-state index >= 15 is 0 Å². The predicted molar refractivity (Wildman–Crippen MR) is 80.9 cm³/mol. The molecule has 2 saturated heterocycles. The third kappa shape index (κ3) is 2.47. The Morgan fingerprint density at radius 3 is 2.45 bits per heavy atom. The monoisotopic (exact) mass is 272 g/mol. The Balaban J connectivity index is 1.75. The van der Waals surface area contributed by atoms with Gasteiger partial charge < -0.3 is 10.2 Å². The molecule has 3 nitrogen and oxygen atoms in total. The van der Waals surface area contributed by atoms with Crippen LogP contribution in [0.25, 0.3) is 0 Å². The van der Waals surface area contributed by atoms with Crippen LogP contribution in [0, 0.1) is 25.7 Å². The largest absolute Gasteiger partial charge is 0.339 e. The number of amides is 1. The first-order valence-corrected chi connectivity index (χ1v) is 7.73. The number of hydrogen-bond donors (Lipinski definition) is 1. The molecule has 2 fully saturated rings. The lowest BCUT2D eigenvalue weighted by molar-refractivity contribution is 0.0757. The normalized spacial score (nSPS) is 26.2. The van der Waals surface area contributed by atoms with E-state index in [-0.39, 0.29) is 5.91 Å². The van der Waals surface area contributed by atoms with Gasteiger partial charge in [-0.25, -0.2) is 0 Å². The Bertz CT molecular complexity index is 498. The van der Waals surface area contributed by atoms with Gasteiger partial charge in [-0.2, -0.15) is 0 Å². The molecular formula is C17H24N2O. The van der Waals surface area contributed by atoms with Gasteiger partial charge in [-0.05, 0) is 68.8 Å². The standard InChI is InChI=1S/C17H24N2O/c1-12-4-3-5-16(13(12)2)17(20)19-8-6-14-10-18-11-15(14)7-9-19/h3-5,14-15,18H,6-11H2,1-2H3/t14-,15+. The number of aryl methyl sites for hydroxylation is 1. The van der Waals surface area contributed by atoms with E-state index in [0.29, 0.717) is 0 Å². The van der Waals surface area contributed by atoms with Gasteiger partial charge in [-0.1, -0.05) is 12.1 Å². The van der Waals surface area contributed by atoms with Crippen molar-refractivity contribution in [2.75, 3.05) is 26.2 Å². The molecular weight excluding hydrogens is 248 g/mol. The van der Waals surface area contributed by atoms with Crippen LogP contribution in [0.3, 0.4) is 0 Å². The van der Waals surface area contributed by atoms with E-state index in [4.69, 9.17) is 0 Å². The van der Waals surface area contributed by atoms with Gasteiger partial charge in [-0.15, -0.1) is 0 Å². The molecule has 0 aliphatic carbocycles. The van der Waals surface area contributed by atoms with Crippen LogP contribution < -0.4 is 5.32 Å². The fraction of sp³-hybridized carbons (Fsp3) is 0.588. The average Bonchev–Trinajstić information content (AvgIpc) is 2.80. The highest BCUT2D eigenvalue weighted by Gasteiger charge is 2.31. The van der Waals surface area contributed by atoms with Crippen LogP contribution in [-0.2, 0) is 0 Å². The smallest absolute Gasteiger partial charge is 0.254 e. The highest BCUT2D eigenvalue weighted by molar-refractivity contribution is 5.96. The number of hydrogen-bond acceptors (Lipinski definition) is 2. The molecule has 108 valence electrons. The minimum absolute atomic E-state index is 0.221. The zero-order valence-electron chi connectivity index (χ0n) is 12.5. The number of nitrogens with zero attached hydrogens (tertiary/aromatic N) is 1. The maximum absolute atomic E-state index is 12.8. The topological polar surface area (TPSA) is 32.3 Å². The first-order chi connectivity index (χ1) is 9.66. The molecule has 20 heavy (non-hydrogen) atoms. The summed E-state index contributed by atoms with van der Waals surface area (Å²) >= 11 is 0. The minimum Gasteiger partial charge on any atom is -0.339 e. The molecule has 2 aliphatic rings. The third-order valence-corrected chi connectivity index (χ3v) is 5.14. The summed E-state index contributed by atoms with van der Waals surface area (Å²) in [6.45, 7) is 8.22. The molecule has 3 heteroatoms. The Hall–Kier alpha value is -1.35. The highest BCUT2D eigenvalue weighted by Crippen LogP contribution is 2.28. The average molecular weight is 272 g/mol. The van der Waals surface area contributed by atoms with Crippen molar-refractivity contribution in [1.82, 2.24) is 10.2 Å². The molecule has 0 saturated carbocycles. The van der Waals surface area contributed by atoms with Crippen LogP contribution in [0.15, 0.2) is 18.2 Å². The number of benzene rings is 1. The lowest BCUT2D eigenvalue weighted by Crippen LogP contribution is -2.33. The fourth-order valence-electron chi connectivity index (χ4n) is 3.57. The summed E-state index contributed by atoms with van der Waals surface area (Å²) in [5.41, 5.74) is 3.21. The number of rotatable bonds is 1. The van der Waals surface area contributed by atoms with Gasteiger partial charge in [0.15, 0.2) is 0 Å². The molecule has 1 N–H and O–H groups in total. The maximum atomic E-state index is 12.8. The van der Waals surface area contributed by atoms with Crippen LogP contribution in [0.5, 0.6) is 0 Å². The molecule has 0 aromatic heterocycles. The summed E-state index contributed by atoms with van der Waals surface area (Å²) in [7, 11) is 0. The lowest BCUT2D eigenvalue weighted by Gasteiger charge is -2.22. The van der Waals surface area contributed by atoms with Crippen LogP contribution in [0.2, 0.25) is 0 Å². The summed E-state index contributed by atoms with van der Waals surface area (Å²) in [5.74, 6) is 1.76. The van der Waals surface area contributed by atoms with Crippen molar-refractivity contribution in [3.63, 3.8) is 0 Å². The SMILES string of the molecule is Cc1cccc(C(=O)N2CC[C@@H]3CNC[C@@H]3CC2)c1C. The Kier molecular flexibility index (Phi) is 3.79. The van der Waals surface area contributed by atoms with E-state index in [1.165, 1.54) is 5.56 Å². The van der Waals surface area contributed by atoms with Crippen molar-refractivity contribution in [3.8, 4) is 0 Å². The summed E-state index contributed by atoms with van der Waals surface area (Å²) in [5, 5.41) is 3.48. The van der Waals surface area contributed by atoms with E-state index in [2.05, 4.69) is 30.1 Å².